The van der Waals surface area contributed by atoms with Gasteiger partial charge in [-0.15, -0.1) is 0 Å². The second kappa shape index (κ2) is 7.52. The summed E-state index contributed by atoms with van der Waals surface area (Å²) in [6.07, 6.45) is 1.16. The molecule has 7 nitrogen and oxygen atoms in total. The van der Waals surface area contributed by atoms with Gasteiger partial charge in [-0.3, -0.25) is 4.79 Å². The summed E-state index contributed by atoms with van der Waals surface area (Å²) in [7, 11) is 0. The molecule has 1 saturated heterocycles. The highest BCUT2D eigenvalue weighted by atomic mass is 16.4. The first-order valence-electron chi connectivity index (χ1n) is 9.15. The summed E-state index contributed by atoms with van der Waals surface area (Å²) in [6.45, 7) is 5.61. The van der Waals surface area contributed by atoms with Crippen molar-refractivity contribution in [1.82, 2.24) is 10.2 Å². The molecule has 144 valence electrons. The van der Waals surface area contributed by atoms with E-state index in [2.05, 4.69) is 24.1 Å². The van der Waals surface area contributed by atoms with Crippen molar-refractivity contribution >= 4 is 17.8 Å². The summed E-state index contributed by atoms with van der Waals surface area (Å²) in [6, 6.07) is 6.12. The number of nitrogens with zero attached hydrogens (tertiary/aromatic N) is 1. The molecule has 2 aliphatic heterocycles. The van der Waals surface area contributed by atoms with E-state index in [1.807, 2.05) is 0 Å². The molecule has 1 amide bonds. The number of carbonyl (C=O) groups is 3. The van der Waals surface area contributed by atoms with Crippen LogP contribution in [0.1, 0.15) is 48.7 Å². The Morgan fingerprint density at radius 3 is 2.22 bits per heavy atom. The van der Waals surface area contributed by atoms with Crippen molar-refractivity contribution in [2.75, 3.05) is 13.1 Å². The van der Waals surface area contributed by atoms with Crippen LogP contribution in [-0.2, 0) is 9.59 Å². The van der Waals surface area contributed by atoms with Crippen LogP contribution in [-0.4, -0.2) is 52.1 Å². The van der Waals surface area contributed by atoms with Crippen LogP contribution >= 0.6 is 0 Å². The minimum atomic E-state index is -1.30. The van der Waals surface area contributed by atoms with Crippen LogP contribution < -0.4 is 5.32 Å². The van der Waals surface area contributed by atoms with Gasteiger partial charge in [0.2, 0.25) is 0 Å². The lowest BCUT2D eigenvalue weighted by atomic mass is 9.82. The highest BCUT2D eigenvalue weighted by Crippen LogP contribution is 2.37. The van der Waals surface area contributed by atoms with Crippen molar-refractivity contribution in [3.05, 3.63) is 46.5 Å². The van der Waals surface area contributed by atoms with E-state index in [-0.39, 0.29) is 23.0 Å². The quantitative estimate of drug-likeness (QED) is 0.683. The number of hydrogen-bond acceptors (Lipinski definition) is 4. The smallest absolute Gasteiger partial charge is 0.334 e. The zero-order chi connectivity index (χ0) is 19.7. The van der Waals surface area contributed by atoms with Gasteiger partial charge >= 0.3 is 11.9 Å². The van der Waals surface area contributed by atoms with E-state index in [9.17, 15) is 24.6 Å². The zero-order valence-corrected chi connectivity index (χ0v) is 15.4. The lowest BCUT2D eigenvalue weighted by Crippen LogP contribution is -2.40. The largest absolute Gasteiger partial charge is 0.478 e. The van der Waals surface area contributed by atoms with E-state index >= 15 is 0 Å². The fraction of sp³-hybridized carbons (Fsp3) is 0.450. The second-order valence-electron chi connectivity index (χ2n) is 7.34. The summed E-state index contributed by atoms with van der Waals surface area (Å²) in [5.41, 5.74) is 0.579. The molecular formula is C20H24N2O5. The molecule has 0 bridgehead atoms. The molecule has 1 atom stereocenters. The van der Waals surface area contributed by atoms with Gasteiger partial charge in [0.1, 0.15) is 0 Å². The summed E-state index contributed by atoms with van der Waals surface area (Å²) >= 11 is 0. The fourth-order valence-electron chi connectivity index (χ4n) is 4.08. The van der Waals surface area contributed by atoms with E-state index in [1.54, 1.807) is 24.3 Å². The van der Waals surface area contributed by atoms with Crippen LogP contribution in [0.4, 0.5) is 0 Å². The van der Waals surface area contributed by atoms with Crippen LogP contribution in [0.2, 0.25) is 0 Å². The number of carbonyl (C=O) groups excluding carboxylic acids is 1. The number of nitrogens with one attached hydrogen (secondary N) is 1. The number of fused-ring (bicyclic) bond motifs is 1. The molecule has 0 spiro atoms. The summed E-state index contributed by atoms with van der Waals surface area (Å²) in [5, 5.41) is 22.4. The molecule has 2 heterocycles. The minimum Gasteiger partial charge on any atom is -0.478 e. The number of carboxylic acids is 2. The van der Waals surface area contributed by atoms with E-state index in [0.29, 0.717) is 30.0 Å². The molecule has 1 fully saturated rings. The normalized spacial score (nSPS) is 21.6. The van der Waals surface area contributed by atoms with Crippen LogP contribution in [0.15, 0.2) is 35.4 Å². The van der Waals surface area contributed by atoms with Crippen LogP contribution in [0.5, 0.6) is 0 Å². The second-order valence-corrected chi connectivity index (χ2v) is 7.34. The number of aliphatic carboxylic acids is 2. The fourth-order valence-corrected chi connectivity index (χ4v) is 4.08. The average molecular weight is 372 g/mol. The highest BCUT2D eigenvalue weighted by Gasteiger charge is 2.39. The molecule has 1 aromatic carbocycles. The van der Waals surface area contributed by atoms with Crippen LogP contribution in [0, 0.1) is 5.92 Å². The Morgan fingerprint density at radius 2 is 1.67 bits per heavy atom. The summed E-state index contributed by atoms with van der Waals surface area (Å²) in [5.74, 6) is -3.27. The number of rotatable bonds is 5. The third-order valence-electron chi connectivity index (χ3n) is 5.50. The van der Waals surface area contributed by atoms with Gasteiger partial charge in [-0.1, -0.05) is 18.2 Å². The average Bonchev–Trinajstić information content (AvgIpc) is 2.96. The van der Waals surface area contributed by atoms with Crippen molar-refractivity contribution in [1.29, 1.82) is 0 Å². The predicted molar refractivity (Wildman–Crippen MR) is 98.4 cm³/mol. The molecule has 3 N–H and O–H groups in total. The Balaban J connectivity index is 2.02. The predicted octanol–water partition coefficient (Wildman–Crippen LogP) is 2.06. The number of piperidine rings is 1. The lowest BCUT2D eigenvalue weighted by molar-refractivity contribution is -0.136. The van der Waals surface area contributed by atoms with Gasteiger partial charge in [-0.25, -0.2) is 9.59 Å². The van der Waals surface area contributed by atoms with Crippen molar-refractivity contribution in [2.45, 2.75) is 38.8 Å². The van der Waals surface area contributed by atoms with Crippen LogP contribution in [0.25, 0.3) is 0 Å². The molecule has 27 heavy (non-hydrogen) atoms. The van der Waals surface area contributed by atoms with Gasteiger partial charge < -0.3 is 20.4 Å². The first-order chi connectivity index (χ1) is 12.8. The highest BCUT2D eigenvalue weighted by molar-refractivity contribution is 6.05. The van der Waals surface area contributed by atoms with E-state index in [4.69, 9.17) is 0 Å². The Labute approximate surface area is 157 Å². The maximum absolute atomic E-state index is 12.2. The maximum atomic E-state index is 12.2. The summed E-state index contributed by atoms with van der Waals surface area (Å²) < 4.78 is 0. The van der Waals surface area contributed by atoms with Gasteiger partial charge in [0.15, 0.2) is 0 Å². The van der Waals surface area contributed by atoms with Gasteiger partial charge in [-0.05, 0) is 57.3 Å². The molecule has 3 rings (SSSR count). The summed E-state index contributed by atoms with van der Waals surface area (Å²) in [4.78, 5) is 38.6. The molecule has 1 aromatic rings. The third kappa shape index (κ3) is 3.60. The minimum absolute atomic E-state index is 0.0899. The first-order valence-corrected chi connectivity index (χ1v) is 9.15. The Kier molecular flexibility index (Phi) is 5.32. The number of amides is 1. The van der Waals surface area contributed by atoms with Crippen molar-refractivity contribution < 1.29 is 24.6 Å². The van der Waals surface area contributed by atoms with E-state index in [0.717, 1.165) is 13.1 Å². The number of hydrogen-bond donors (Lipinski definition) is 3. The third-order valence-corrected chi connectivity index (χ3v) is 5.50. The molecule has 0 aliphatic carbocycles. The van der Waals surface area contributed by atoms with Gasteiger partial charge in [0, 0.05) is 11.6 Å². The molecule has 1 unspecified atom stereocenters. The molecule has 2 aliphatic rings. The van der Waals surface area contributed by atoms with E-state index in [1.165, 1.54) is 0 Å². The lowest BCUT2D eigenvalue weighted by Gasteiger charge is -2.35. The number of benzene rings is 1. The molecule has 0 radical (unpaired) electrons. The first kappa shape index (κ1) is 19.1. The number of carboxylic acid groups (broad SMARTS) is 2. The van der Waals surface area contributed by atoms with Crippen molar-refractivity contribution in [3.8, 4) is 0 Å². The Hall–Kier alpha value is -2.67. The van der Waals surface area contributed by atoms with Gasteiger partial charge in [-0.2, -0.15) is 0 Å². The topological polar surface area (TPSA) is 107 Å². The van der Waals surface area contributed by atoms with Gasteiger partial charge in [0.25, 0.3) is 5.91 Å². The molecule has 0 aromatic heterocycles. The molecule has 7 heteroatoms. The SMILES string of the molecule is CC(C)N1CCC(/C(C(=O)O)=C(\C(=O)O)C2NC(=O)c3ccccc32)CC1. The molecular weight excluding hydrogens is 348 g/mol. The maximum Gasteiger partial charge on any atom is 0.334 e. The Morgan fingerprint density at radius 1 is 1.07 bits per heavy atom. The van der Waals surface area contributed by atoms with Crippen molar-refractivity contribution in [2.24, 2.45) is 5.92 Å². The zero-order valence-electron chi connectivity index (χ0n) is 15.4. The van der Waals surface area contributed by atoms with Gasteiger partial charge in [0.05, 0.1) is 17.2 Å². The van der Waals surface area contributed by atoms with Crippen molar-refractivity contribution in [3.63, 3.8) is 0 Å². The monoisotopic (exact) mass is 372 g/mol. The standard InChI is InChI=1S/C20H24N2O5/c1-11(2)22-9-7-12(8-10-22)15(19(24)25)16(20(26)27)17-13-5-3-4-6-14(13)18(23)21-17/h3-6,11-12,17H,7-10H2,1-2H3,(H,21,23)(H,24,25)(H,26,27)/b16-15+. The van der Waals surface area contributed by atoms with E-state index < -0.39 is 18.0 Å². The Bertz CT molecular complexity index is 806. The van der Waals surface area contributed by atoms with Crippen LogP contribution in [0.3, 0.4) is 0 Å². The molecule has 0 saturated carbocycles. The number of likely N-dealkylation sites (tertiary alicyclic amines) is 1.